The Hall–Kier alpha value is -1.64. The van der Waals surface area contributed by atoms with Crippen molar-refractivity contribution in [2.45, 2.75) is 0 Å². The average molecular weight is 414 g/mol. The summed E-state index contributed by atoms with van der Waals surface area (Å²) in [4.78, 5) is 0. The molecule has 2 heteroatoms. The molecule has 0 amide bonds. The third-order valence-electron chi connectivity index (χ3n) is 3.42. The predicted octanol–water partition coefficient (Wildman–Crippen LogP) is 6.80. The molecule has 22 heavy (non-hydrogen) atoms. The summed E-state index contributed by atoms with van der Waals surface area (Å²) >= 11 is 6.98. The standard InChI is InChI=1S/C20H14Br2/c21-18-10-6-15(7-11-18)14-20(16-4-2-1-3-5-16)17-8-12-19(22)13-9-17/h1-14H. The van der Waals surface area contributed by atoms with Crippen molar-refractivity contribution in [1.29, 1.82) is 0 Å². The molecule has 0 spiro atoms. The zero-order valence-electron chi connectivity index (χ0n) is 11.8. The Balaban J connectivity index is 2.10. The highest BCUT2D eigenvalue weighted by Crippen LogP contribution is 2.27. The molecule has 0 fully saturated rings. The Morgan fingerprint density at radius 2 is 1.09 bits per heavy atom. The van der Waals surface area contributed by atoms with Crippen LogP contribution in [0.15, 0.2) is 87.8 Å². The van der Waals surface area contributed by atoms with E-state index in [1.54, 1.807) is 0 Å². The first-order chi connectivity index (χ1) is 10.7. The maximum atomic E-state index is 3.50. The number of benzene rings is 3. The minimum atomic E-state index is 1.09. The van der Waals surface area contributed by atoms with Crippen molar-refractivity contribution >= 4 is 43.5 Å². The van der Waals surface area contributed by atoms with Gasteiger partial charge < -0.3 is 0 Å². The first kappa shape index (κ1) is 15.3. The van der Waals surface area contributed by atoms with Crippen LogP contribution in [0.5, 0.6) is 0 Å². The van der Waals surface area contributed by atoms with Gasteiger partial charge in [0.05, 0.1) is 0 Å². The molecule has 0 unspecified atom stereocenters. The lowest BCUT2D eigenvalue weighted by atomic mass is 9.96. The molecule has 0 aliphatic carbocycles. The molecule has 0 nitrogen and oxygen atoms in total. The van der Waals surface area contributed by atoms with Crippen LogP contribution >= 0.6 is 31.9 Å². The molecule has 0 aromatic heterocycles. The molecule has 0 saturated carbocycles. The van der Waals surface area contributed by atoms with Crippen LogP contribution in [0.25, 0.3) is 11.6 Å². The Morgan fingerprint density at radius 3 is 1.68 bits per heavy atom. The van der Waals surface area contributed by atoms with E-state index in [2.05, 4.69) is 111 Å². The van der Waals surface area contributed by atoms with Crippen molar-refractivity contribution < 1.29 is 0 Å². The van der Waals surface area contributed by atoms with Crippen LogP contribution in [0.3, 0.4) is 0 Å². The predicted molar refractivity (Wildman–Crippen MR) is 102 cm³/mol. The van der Waals surface area contributed by atoms with E-state index in [0.29, 0.717) is 0 Å². The highest BCUT2D eigenvalue weighted by Gasteiger charge is 2.05. The van der Waals surface area contributed by atoms with Gasteiger partial charge in [-0.1, -0.05) is 86.5 Å². The molecule has 0 saturated heterocycles. The van der Waals surface area contributed by atoms with Gasteiger partial charge >= 0.3 is 0 Å². The molecule has 108 valence electrons. The summed E-state index contributed by atoms with van der Waals surface area (Å²) in [5.74, 6) is 0. The molecular weight excluding hydrogens is 400 g/mol. The summed E-state index contributed by atoms with van der Waals surface area (Å²) in [5.41, 5.74) is 4.82. The maximum absolute atomic E-state index is 3.50. The summed E-state index contributed by atoms with van der Waals surface area (Å²) in [6, 6.07) is 27.3. The van der Waals surface area contributed by atoms with Gasteiger partial charge in [0.2, 0.25) is 0 Å². The van der Waals surface area contributed by atoms with E-state index in [4.69, 9.17) is 0 Å². The third kappa shape index (κ3) is 3.76. The summed E-state index contributed by atoms with van der Waals surface area (Å²) in [5, 5.41) is 0. The zero-order chi connectivity index (χ0) is 15.4. The Bertz CT molecular complexity index is 770. The quantitative estimate of drug-likeness (QED) is 0.414. The molecule has 3 aromatic carbocycles. The van der Waals surface area contributed by atoms with Crippen molar-refractivity contribution in [3.63, 3.8) is 0 Å². The lowest BCUT2D eigenvalue weighted by Gasteiger charge is -2.09. The minimum Gasteiger partial charge on any atom is -0.0622 e. The van der Waals surface area contributed by atoms with Crippen LogP contribution < -0.4 is 0 Å². The van der Waals surface area contributed by atoms with Gasteiger partial charge in [-0.3, -0.25) is 0 Å². The highest BCUT2D eigenvalue weighted by atomic mass is 79.9. The molecule has 0 aliphatic heterocycles. The molecular formula is C20H14Br2. The van der Waals surface area contributed by atoms with Crippen molar-refractivity contribution in [1.82, 2.24) is 0 Å². The summed E-state index contributed by atoms with van der Waals surface area (Å²) in [7, 11) is 0. The molecule has 3 aromatic rings. The average Bonchev–Trinajstić information content (AvgIpc) is 2.56. The topological polar surface area (TPSA) is 0 Å². The second-order valence-electron chi connectivity index (χ2n) is 4.98. The van der Waals surface area contributed by atoms with Gasteiger partial charge in [0.15, 0.2) is 0 Å². The van der Waals surface area contributed by atoms with Gasteiger partial charge in [0.25, 0.3) is 0 Å². The first-order valence-electron chi connectivity index (χ1n) is 7.01. The van der Waals surface area contributed by atoms with Crippen molar-refractivity contribution in [2.24, 2.45) is 0 Å². The zero-order valence-corrected chi connectivity index (χ0v) is 15.0. The van der Waals surface area contributed by atoms with Crippen LogP contribution in [0.2, 0.25) is 0 Å². The minimum absolute atomic E-state index is 1.09. The van der Waals surface area contributed by atoms with Gasteiger partial charge in [-0.05, 0) is 52.6 Å². The van der Waals surface area contributed by atoms with Gasteiger partial charge in [-0.2, -0.15) is 0 Å². The van der Waals surface area contributed by atoms with E-state index in [-0.39, 0.29) is 0 Å². The number of hydrogen-bond donors (Lipinski definition) is 0. The van der Waals surface area contributed by atoms with E-state index in [1.807, 2.05) is 6.07 Å². The summed E-state index contributed by atoms with van der Waals surface area (Å²) in [6.45, 7) is 0. The lowest BCUT2D eigenvalue weighted by molar-refractivity contribution is 1.53. The normalized spacial score (nSPS) is 11.5. The van der Waals surface area contributed by atoms with Crippen LogP contribution in [0, 0.1) is 0 Å². The fourth-order valence-electron chi connectivity index (χ4n) is 2.31. The van der Waals surface area contributed by atoms with E-state index >= 15 is 0 Å². The van der Waals surface area contributed by atoms with Gasteiger partial charge in [0.1, 0.15) is 0 Å². The van der Waals surface area contributed by atoms with Gasteiger partial charge in [-0.25, -0.2) is 0 Å². The summed E-state index contributed by atoms with van der Waals surface area (Å²) < 4.78 is 2.18. The van der Waals surface area contributed by atoms with E-state index in [9.17, 15) is 0 Å². The molecule has 0 heterocycles. The Morgan fingerprint density at radius 1 is 0.591 bits per heavy atom. The molecule has 0 aliphatic rings. The van der Waals surface area contributed by atoms with Crippen molar-refractivity contribution in [3.8, 4) is 0 Å². The number of halogens is 2. The molecule has 3 rings (SSSR count). The van der Waals surface area contributed by atoms with Crippen LogP contribution in [0.1, 0.15) is 16.7 Å². The Labute approximate surface area is 147 Å². The van der Waals surface area contributed by atoms with E-state index in [1.165, 1.54) is 22.3 Å². The molecule has 0 bridgehead atoms. The van der Waals surface area contributed by atoms with Crippen LogP contribution in [-0.4, -0.2) is 0 Å². The number of rotatable bonds is 3. The number of hydrogen-bond acceptors (Lipinski definition) is 0. The lowest BCUT2D eigenvalue weighted by Crippen LogP contribution is -1.88. The van der Waals surface area contributed by atoms with Gasteiger partial charge in [-0.15, -0.1) is 0 Å². The van der Waals surface area contributed by atoms with E-state index < -0.39 is 0 Å². The molecule has 0 N–H and O–H groups in total. The molecule has 0 radical (unpaired) electrons. The third-order valence-corrected chi connectivity index (χ3v) is 4.48. The van der Waals surface area contributed by atoms with Crippen molar-refractivity contribution in [2.75, 3.05) is 0 Å². The largest absolute Gasteiger partial charge is 0.0622 e. The van der Waals surface area contributed by atoms with Gasteiger partial charge in [0, 0.05) is 8.95 Å². The van der Waals surface area contributed by atoms with Crippen molar-refractivity contribution in [3.05, 3.63) is 104 Å². The summed E-state index contributed by atoms with van der Waals surface area (Å²) in [6.07, 6.45) is 2.23. The smallest absolute Gasteiger partial charge is 0.0175 e. The van der Waals surface area contributed by atoms with Crippen LogP contribution in [-0.2, 0) is 0 Å². The fourth-order valence-corrected chi connectivity index (χ4v) is 2.83. The van der Waals surface area contributed by atoms with Crippen LogP contribution in [0.4, 0.5) is 0 Å². The Kier molecular flexibility index (Phi) is 4.91. The second-order valence-corrected chi connectivity index (χ2v) is 6.81. The van der Waals surface area contributed by atoms with E-state index in [0.717, 1.165) is 8.95 Å². The highest BCUT2D eigenvalue weighted by molar-refractivity contribution is 9.10. The fraction of sp³-hybridized carbons (Fsp3) is 0. The second kappa shape index (κ2) is 7.08. The monoisotopic (exact) mass is 412 g/mol. The maximum Gasteiger partial charge on any atom is 0.0175 e. The molecule has 0 atom stereocenters. The SMILES string of the molecule is Brc1ccc(C=C(c2ccccc2)c2ccc(Br)cc2)cc1. The first-order valence-corrected chi connectivity index (χ1v) is 8.59.